The molecule has 8 nitrogen and oxygen atoms in total. The van der Waals surface area contributed by atoms with Crippen molar-refractivity contribution in [3.8, 4) is 34.1 Å². The standard InChI is InChI=1S/C23H19F2N5O3/c1-31-13-6-7-15(21(9-13)32-2)18-8-14(33-29-18)11-30-12-20-19(10-26-30)27-23(28-20)16-4-3-5-17(24)22(16)25/h3-10H,11-12H2,1-2H3,(H,27,28). The third-order valence-electron chi connectivity index (χ3n) is 5.28. The zero-order valence-electron chi connectivity index (χ0n) is 17.8. The summed E-state index contributed by atoms with van der Waals surface area (Å²) in [4.78, 5) is 7.43. The first kappa shape index (κ1) is 20.7. The van der Waals surface area contributed by atoms with Crippen LogP contribution in [0.3, 0.4) is 0 Å². The first-order chi connectivity index (χ1) is 16.1. The van der Waals surface area contributed by atoms with Gasteiger partial charge in [0, 0.05) is 17.7 Å². The van der Waals surface area contributed by atoms with Gasteiger partial charge in [0.2, 0.25) is 0 Å². The van der Waals surface area contributed by atoms with Gasteiger partial charge in [-0.1, -0.05) is 11.2 Å². The van der Waals surface area contributed by atoms with Gasteiger partial charge < -0.3 is 19.0 Å². The molecule has 2 aromatic heterocycles. The summed E-state index contributed by atoms with van der Waals surface area (Å²) in [7, 11) is 3.16. The first-order valence-corrected chi connectivity index (χ1v) is 10.1. The molecule has 0 aliphatic carbocycles. The fourth-order valence-electron chi connectivity index (χ4n) is 3.62. The molecule has 3 heterocycles. The maximum Gasteiger partial charge on any atom is 0.169 e. The Morgan fingerprint density at radius 2 is 1.97 bits per heavy atom. The third-order valence-corrected chi connectivity index (χ3v) is 5.28. The number of hydrogen-bond donors (Lipinski definition) is 1. The Bertz CT molecular complexity index is 1350. The summed E-state index contributed by atoms with van der Waals surface area (Å²) in [5.41, 5.74) is 2.77. The molecular weight excluding hydrogens is 432 g/mol. The molecule has 0 radical (unpaired) electrons. The topological polar surface area (TPSA) is 88.8 Å². The number of aromatic amines is 1. The molecule has 33 heavy (non-hydrogen) atoms. The average molecular weight is 451 g/mol. The van der Waals surface area contributed by atoms with Crippen molar-refractivity contribution in [2.45, 2.75) is 13.1 Å². The van der Waals surface area contributed by atoms with E-state index < -0.39 is 11.6 Å². The van der Waals surface area contributed by atoms with Crippen LogP contribution in [0.5, 0.6) is 11.5 Å². The minimum Gasteiger partial charge on any atom is -0.497 e. The number of hydrogen-bond acceptors (Lipinski definition) is 7. The van der Waals surface area contributed by atoms with Crippen LogP contribution in [0.2, 0.25) is 0 Å². The average Bonchev–Trinajstić information content (AvgIpc) is 3.47. The fourth-order valence-corrected chi connectivity index (χ4v) is 3.62. The largest absolute Gasteiger partial charge is 0.497 e. The second-order valence-electron chi connectivity index (χ2n) is 7.36. The van der Waals surface area contributed by atoms with Crippen molar-refractivity contribution in [1.29, 1.82) is 0 Å². The summed E-state index contributed by atoms with van der Waals surface area (Å²) >= 11 is 0. The normalized spacial score (nSPS) is 12.7. The first-order valence-electron chi connectivity index (χ1n) is 10.1. The number of hydrazone groups is 1. The molecule has 0 saturated heterocycles. The summed E-state index contributed by atoms with van der Waals surface area (Å²) in [6.07, 6.45) is 1.59. The number of fused-ring (bicyclic) bond motifs is 1. The van der Waals surface area contributed by atoms with Gasteiger partial charge in [0.15, 0.2) is 17.4 Å². The van der Waals surface area contributed by atoms with Crippen LogP contribution < -0.4 is 9.47 Å². The van der Waals surface area contributed by atoms with Gasteiger partial charge in [-0.25, -0.2) is 13.8 Å². The van der Waals surface area contributed by atoms with E-state index in [1.807, 2.05) is 18.2 Å². The van der Waals surface area contributed by atoms with Gasteiger partial charge in [-0.2, -0.15) is 5.10 Å². The lowest BCUT2D eigenvalue weighted by Crippen LogP contribution is -2.21. The zero-order chi connectivity index (χ0) is 22.9. The van der Waals surface area contributed by atoms with Gasteiger partial charge in [-0.3, -0.25) is 5.01 Å². The van der Waals surface area contributed by atoms with Crippen LogP contribution in [0.4, 0.5) is 8.78 Å². The summed E-state index contributed by atoms with van der Waals surface area (Å²) < 4.78 is 43.9. The van der Waals surface area contributed by atoms with Crippen LogP contribution in [-0.4, -0.2) is 40.6 Å². The lowest BCUT2D eigenvalue weighted by Gasteiger charge is -2.19. The number of methoxy groups -OCH3 is 2. The van der Waals surface area contributed by atoms with Crippen molar-refractivity contribution >= 4 is 6.21 Å². The molecule has 0 saturated carbocycles. The molecule has 2 aromatic carbocycles. The number of nitrogens with zero attached hydrogens (tertiary/aromatic N) is 4. The molecule has 0 atom stereocenters. The Labute approximate surface area is 187 Å². The van der Waals surface area contributed by atoms with E-state index in [9.17, 15) is 8.78 Å². The Hall–Kier alpha value is -4.21. The predicted molar refractivity (Wildman–Crippen MR) is 116 cm³/mol. The molecule has 0 amide bonds. The van der Waals surface area contributed by atoms with Gasteiger partial charge in [0.05, 0.1) is 50.5 Å². The van der Waals surface area contributed by atoms with E-state index in [0.29, 0.717) is 47.4 Å². The number of rotatable bonds is 6. The molecule has 5 rings (SSSR count). The molecule has 168 valence electrons. The van der Waals surface area contributed by atoms with E-state index >= 15 is 0 Å². The van der Waals surface area contributed by atoms with Gasteiger partial charge >= 0.3 is 0 Å². The zero-order valence-corrected chi connectivity index (χ0v) is 17.8. The number of aromatic nitrogens is 3. The molecule has 0 spiro atoms. The van der Waals surface area contributed by atoms with Gasteiger partial charge in [0.25, 0.3) is 0 Å². The maximum atomic E-state index is 14.1. The van der Waals surface area contributed by atoms with Crippen molar-refractivity contribution < 1.29 is 22.8 Å². The van der Waals surface area contributed by atoms with Crippen molar-refractivity contribution in [1.82, 2.24) is 20.1 Å². The fraction of sp³-hybridized carbons (Fsp3) is 0.174. The molecule has 1 aliphatic heterocycles. The highest BCUT2D eigenvalue weighted by atomic mass is 19.2. The molecule has 0 unspecified atom stereocenters. The van der Waals surface area contributed by atoms with Gasteiger partial charge in [-0.05, 0) is 24.3 Å². The second-order valence-corrected chi connectivity index (χ2v) is 7.36. The van der Waals surface area contributed by atoms with E-state index in [2.05, 4.69) is 20.2 Å². The van der Waals surface area contributed by atoms with Gasteiger partial charge in [-0.15, -0.1) is 0 Å². The Morgan fingerprint density at radius 1 is 1.09 bits per heavy atom. The summed E-state index contributed by atoms with van der Waals surface area (Å²) in [6.45, 7) is 0.707. The Kier molecular flexibility index (Phi) is 5.25. The van der Waals surface area contributed by atoms with E-state index in [4.69, 9.17) is 14.0 Å². The predicted octanol–water partition coefficient (Wildman–Crippen LogP) is 4.38. The SMILES string of the molecule is COc1ccc(-c2cc(CN3Cc4nc(-c5cccc(F)c5F)[nH]c4C=N3)on2)c(OC)c1. The highest BCUT2D eigenvalue weighted by Crippen LogP contribution is 2.33. The van der Waals surface area contributed by atoms with Crippen molar-refractivity contribution in [2.24, 2.45) is 5.10 Å². The van der Waals surface area contributed by atoms with Crippen molar-refractivity contribution in [3.63, 3.8) is 0 Å². The summed E-state index contributed by atoms with van der Waals surface area (Å²) in [5, 5.41) is 10.3. The number of H-pyrrole nitrogens is 1. The van der Waals surface area contributed by atoms with E-state index in [1.54, 1.807) is 31.5 Å². The van der Waals surface area contributed by atoms with Gasteiger partial charge in [0.1, 0.15) is 23.0 Å². The molecule has 10 heteroatoms. The number of ether oxygens (including phenoxy) is 2. The van der Waals surface area contributed by atoms with Crippen LogP contribution in [0.15, 0.2) is 52.1 Å². The highest BCUT2D eigenvalue weighted by Gasteiger charge is 2.21. The number of nitrogens with one attached hydrogen (secondary N) is 1. The van der Waals surface area contributed by atoms with E-state index in [1.165, 1.54) is 12.1 Å². The van der Waals surface area contributed by atoms with E-state index in [0.717, 1.165) is 11.6 Å². The monoisotopic (exact) mass is 451 g/mol. The van der Waals surface area contributed by atoms with Crippen molar-refractivity contribution in [3.05, 3.63) is 71.2 Å². The quantitative estimate of drug-likeness (QED) is 0.468. The molecule has 4 aromatic rings. The summed E-state index contributed by atoms with van der Waals surface area (Å²) in [6, 6.07) is 11.2. The van der Waals surface area contributed by atoms with Crippen LogP contribution in [0.1, 0.15) is 17.1 Å². The number of halogens is 2. The lowest BCUT2D eigenvalue weighted by atomic mass is 10.1. The highest BCUT2D eigenvalue weighted by molar-refractivity contribution is 5.80. The van der Waals surface area contributed by atoms with Crippen LogP contribution >= 0.6 is 0 Å². The maximum absolute atomic E-state index is 14.1. The lowest BCUT2D eigenvalue weighted by molar-refractivity contribution is 0.229. The number of benzene rings is 2. The third kappa shape index (κ3) is 3.91. The minimum absolute atomic E-state index is 0.0673. The smallest absolute Gasteiger partial charge is 0.169 e. The molecule has 1 N–H and O–H groups in total. The Morgan fingerprint density at radius 3 is 2.79 bits per heavy atom. The van der Waals surface area contributed by atoms with Crippen LogP contribution in [0, 0.1) is 11.6 Å². The van der Waals surface area contributed by atoms with Crippen LogP contribution in [-0.2, 0) is 13.1 Å². The van der Waals surface area contributed by atoms with Crippen molar-refractivity contribution in [2.75, 3.05) is 14.2 Å². The second kappa shape index (κ2) is 8.38. The molecule has 1 aliphatic rings. The summed E-state index contributed by atoms with van der Waals surface area (Å²) in [5.74, 6) is 0.263. The van der Waals surface area contributed by atoms with E-state index in [-0.39, 0.29) is 11.4 Å². The van der Waals surface area contributed by atoms with Crippen LogP contribution in [0.25, 0.3) is 22.6 Å². The molecule has 0 fully saturated rings. The minimum atomic E-state index is -0.944. The Balaban J connectivity index is 1.33. The molecule has 0 bridgehead atoms. The molecular formula is C23H19F2N5O3. The number of imidazole rings is 1.